The van der Waals surface area contributed by atoms with E-state index in [-0.39, 0.29) is 18.0 Å². The smallest absolute Gasteiger partial charge is 0.318 e. The number of nitrogens with one attached hydrogen (secondary N) is 2. The number of nitrogens with zero attached hydrogens (tertiary/aromatic N) is 3. The number of hydrogen-bond acceptors (Lipinski definition) is 8. The molecule has 0 aromatic heterocycles. The van der Waals surface area contributed by atoms with Gasteiger partial charge in [0.05, 0.1) is 28.7 Å². The van der Waals surface area contributed by atoms with Crippen molar-refractivity contribution in [2.75, 3.05) is 6.54 Å². The van der Waals surface area contributed by atoms with Crippen LogP contribution in [0, 0.1) is 20.2 Å². The minimum atomic E-state index is -0.783. The van der Waals surface area contributed by atoms with Crippen molar-refractivity contribution in [2.24, 2.45) is 5.10 Å². The van der Waals surface area contributed by atoms with E-state index in [4.69, 9.17) is 16.3 Å². The van der Waals surface area contributed by atoms with Gasteiger partial charge in [-0.25, -0.2) is 5.43 Å². The Morgan fingerprint density at radius 2 is 1.74 bits per heavy atom. The molecule has 0 atom stereocenters. The van der Waals surface area contributed by atoms with Gasteiger partial charge in [0.2, 0.25) is 5.75 Å². The largest absolute Gasteiger partial charge is 0.450 e. The second kappa shape index (κ2) is 11.3. The lowest BCUT2D eigenvalue weighted by molar-refractivity contribution is -0.394. The Morgan fingerprint density at radius 1 is 1.00 bits per heavy atom. The maximum atomic E-state index is 12.0. The SMILES string of the molecule is O=C(CNC(=O)c1ccc(Cl)cc1)N/N=C/c1cccc(Oc2ccc([N+](=O)[O-])cc2[N+](=O)[O-])c1. The molecular weight excluding hydrogens is 482 g/mol. The first kappa shape index (κ1) is 24.8. The molecule has 3 aromatic carbocycles. The number of nitro benzene ring substituents is 2. The van der Waals surface area contributed by atoms with Crippen molar-refractivity contribution in [3.05, 3.63) is 103 Å². The van der Waals surface area contributed by atoms with Gasteiger partial charge in [-0.1, -0.05) is 23.7 Å². The summed E-state index contributed by atoms with van der Waals surface area (Å²) in [7, 11) is 0. The van der Waals surface area contributed by atoms with Crippen LogP contribution in [-0.4, -0.2) is 34.4 Å². The molecule has 0 heterocycles. The molecule has 0 radical (unpaired) electrons. The van der Waals surface area contributed by atoms with Gasteiger partial charge in [-0.3, -0.25) is 29.8 Å². The third kappa shape index (κ3) is 7.07. The van der Waals surface area contributed by atoms with E-state index >= 15 is 0 Å². The molecule has 0 unspecified atom stereocenters. The first-order valence-electron chi connectivity index (χ1n) is 9.79. The van der Waals surface area contributed by atoms with Crippen LogP contribution in [0.4, 0.5) is 11.4 Å². The maximum absolute atomic E-state index is 12.0. The number of carbonyl (C=O) groups is 2. The fourth-order valence-electron chi connectivity index (χ4n) is 2.72. The number of rotatable bonds is 9. The number of hydrazone groups is 1. The third-order valence-corrected chi connectivity index (χ3v) is 4.61. The summed E-state index contributed by atoms with van der Waals surface area (Å²) >= 11 is 5.77. The van der Waals surface area contributed by atoms with Gasteiger partial charge in [-0.05, 0) is 48.0 Å². The molecule has 0 spiro atoms. The Balaban J connectivity index is 1.58. The van der Waals surface area contributed by atoms with Crippen molar-refractivity contribution in [1.29, 1.82) is 0 Å². The molecule has 3 rings (SSSR count). The maximum Gasteiger partial charge on any atom is 0.318 e. The Hall–Kier alpha value is -4.84. The summed E-state index contributed by atoms with van der Waals surface area (Å²) in [6.45, 7) is -0.314. The molecule has 0 aliphatic heterocycles. The van der Waals surface area contributed by atoms with E-state index in [0.717, 1.165) is 18.2 Å². The highest BCUT2D eigenvalue weighted by molar-refractivity contribution is 6.30. The number of ether oxygens (including phenoxy) is 1. The molecule has 3 aromatic rings. The van der Waals surface area contributed by atoms with Crippen molar-refractivity contribution in [1.82, 2.24) is 10.7 Å². The standard InChI is InChI=1S/C22H16ClN5O7/c23-16-6-4-15(5-7-16)22(30)24-13-21(29)26-25-12-14-2-1-3-18(10-14)35-20-9-8-17(27(31)32)11-19(20)28(33)34/h1-12H,13H2,(H,24,30)(H,26,29)/b25-12+. The third-order valence-electron chi connectivity index (χ3n) is 4.35. The van der Waals surface area contributed by atoms with Crippen LogP contribution < -0.4 is 15.5 Å². The molecule has 178 valence electrons. The van der Waals surface area contributed by atoms with E-state index < -0.39 is 33.0 Å². The monoisotopic (exact) mass is 497 g/mol. The summed E-state index contributed by atoms with van der Waals surface area (Å²) < 4.78 is 5.52. The van der Waals surface area contributed by atoms with Crippen molar-refractivity contribution in [2.45, 2.75) is 0 Å². The minimum absolute atomic E-state index is 0.181. The van der Waals surface area contributed by atoms with Crippen LogP contribution in [0.5, 0.6) is 11.5 Å². The minimum Gasteiger partial charge on any atom is -0.450 e. The molecule has 0 bridgehead atoms. The molecule has 0 aliphatic rings. The predicted molar refractivity (Wildman–Crippen MR) is 126 cm³/mol. The second-order valence-corrected chi connectivity index (χ2v) is 7.26. The zero-order valence-corrected chi connectivity index (χ0v) is 18.5. The molecule has 35 heavy (non-hydrogen) atoms. The zero-order valence-electron chi connectivity index (χ0n) is 17.7. The fraction of sp³-hybridized carbons (Fsp3) is 0.0455. The van der Waals surface area contributed by atoms with E-state index in [1.165, 1.54) is 30.5 Å². The molecule has 12 nitrogen and oxygen atoms in total. The molecular formula is C22H16ClN5O7. The second-order valence-electron chi connectivity index (χ2n) is 6.82. The number of carbonyl (C=O) groups excluding carboxylic acids is 2. The number of non-ortho nitro benzene ring substituents is 1. The van der Waals surface area contributed by atoms with Gasteiger partial charge in [0.15, 0.2) is 0 Å². The lowest BCUT2D eigenvalue weighted by Gasteiger charge is -2.07. The molecule has 0 fully saturated rings. The van der Waals surface area contributed by atoms with Crippen LogP contribution in [0.1, 0.15) is 15.9 Å². The molecule has 0 aliphatic carbocycles. The highest BCUT2D eigenvalue weighted by Gasteiger charge is 2.21. The molecule has 2 amide bonds. The van der Waals surface area contributed by atoms with Crippen molar-refractivity contribution in [3.8, 4) is 11.5 Å². The molecule has 0 saturated carbocycles. The fourth-order valence-corrected chi connectivity index (χ4v) is 2.84. The van der Waals surface area contributed by atoms with Crippen molar-refractivity contribution in [3.63, 3.8) is 0 Å². The van der Waals surface area contributed by atoms with Crippen molar-refractivity contribution >= 4 is 41.0 Å². The highest BCUT2D eigenvalue weighted by atomic mass is 35.5. The van der Waals surface area contributed by atoms with E-state index in [0.29, 0.717) is 16.1 Å². The van der Waals surface area contributed by atoms with Gasteiger partial charge in [-0.2, -0.15) is 5.10 Å². The van der Waals surface area contributed by atoms with Crippen LogP contribution in [0.25, 0.3) is 0 Å². The van der Waals surface area contributed by atoms with Crippen LogP contribution in [0.2, 0.25) is 5.02 Å². The van der Waals surface area contributed by atoms with Gasteiger partial charge in [0, 0.05) is 16.7 Å². The van der Waals surface area contributed by atoms with E-state index in [1.807, 2.05) is 0 Å². The zero-order chi connectivity index (χ0) is 25.4. The Kier molecular flexibility index (Phi) is 8.03. The van der Waals surface area contributed by atoms with Gasteiger partial charge in [0.25, 0.3) is 17.5 Å². The summed E-state index contributed by atoms with van der Waals surface area (Å²) in [6.07, 6.45) is 1.30. The van der Waals surface area contributed by atoms with E-state index in [9.17, 15) is 29.8 Å². The number of halogens is 1. The van der Waals surface area contributed by atoms with Gasteiger partial charge >= 0.3 is 5.69 Å². The van der Waals surface area contributed by atoms with Crippen LogP contribution >= 0.6 is 11.6 Å². The van der Waals surface area contributed by atoms with Crippen LogP contribution in [0.3, 0.4) is 0 Å². The topological polar surface area (TPSA) is 166 Å². The Morgan fingerprint density at radius 3 is 2.43 bits per heavy atom. The van der Waals surface area contributed by atoms with Crippen LogP contribution in [-0.2, 0) is 4.79 Å². The Labute approximate surface area is 202 Å². The Bertz CT molecular complexity index is 1310. The lowest BCUT2D eigenvalue weighted by Crippen LogP contribution is -2.34. The summed E-state index contributed by atoms with van der Waals surface area (Å²) in [5.41, 5.74) is 2.08. The first-order chi connectivity index (χ1) is 16.7. The average molecular weight is 498 g/mol. The molecule has 0 saturated heterocycles. The highest BCUT2D eigenvalue weighted by Crippen LogP contribution is 2.34. The molecule has 2 N–H and O–H groups in total. The lowest BCUT2D eigenvalue weighted by atomic mass is 10.2. The number of amides is 2. The van der Waals surface area contributed by atoms with Crippen molar-refractivity contribution < 1.29 is 24.2 Å². The summed E-state index contributed by atoms with van der Waals surface area (Å²) in [4.78, 5) is 44.5. The summed E-state index contributed by atoms with van der Waals surface area (Å²) in [5, 5.41) is 28.8. The number of nitro groups is 2. The van der Waals surface area contributed by atoms with E-state index in [1.54, 1.807) is 24.3 Å². The quantitative estimate of drug-likeness (QED) is 0.257. The normalized spacial score (nSPS) is 10.5. The predicted octanol–water partition coefficient (Wildman–Crippen LogP) is 3.83. The van der Waals surface area contributed by atoms with Gasteiger partial charge in [-0.15, -0.1) is 0 Å². The van der Waals surface area contributed by atoms with E-state index in [2.05, 4.69) is 15.8 Å². The first-order valence-corrected chi connectivity index (χ1v) is 10.2. The number of benzene rings is 3. The van der Waals surface area contributed by atoms with Gasteiger partial charge in [0.1, 0.15) is 5.75 Å². The molecule has 13 heteroatoms. The van der Waals surface area contributed by atoms with Gasteiger partial charge < -0.3 is 10.1 Å². The van der Waals surface area contributed by atoms with Crippen LogP contribution in [0.15, 0.2) is 71.8 Å². The summed E-state index contributed by atoms with van der Waals surface area (Å²) in [6, 6.07) is 15.4. The average Bonchev–Trinajstić information content (AvgIpc) is 2.83. The summed E-state index contributed by atoms with van der Waals surface area (Å²) in [5.74, 6) is -1.00. The number of hydrogen-bond donors (Lipinski definition) is 2.